The van der Waals surface area contributed by atoms with Gasteiger partial charge in [0.2, 0.25) is 0 Å². The summed E-state index contributed by atoms with van der Waals surface area (Å²) < 4.78 is 5.55. The molecule has 0 amide bonds. The zero-order valence-corrected chi connectivity index (χ0v) is 14.4. The van der Waals surface area contributed by atoms with Gasteiger partial charge in [0.05, 0.1) is 7.11 Å². The van der Waals surface area contributed by atoms with Crippen LogP contribution in [0.4, 0.5) is 0 Å². The molecule has 0 aromatic heterocycles. The second-order valence-electron chi connectivity index (χ2n) is 5.05. The minimum atomic E-state index is 0.736. The molecule has 21 heavy (non-hydrogen) atoms. The monoisotopic (exact) mass is 318 g/mol. The van der Waals surface area contributed by atoms with Crippen LogP contribution in [0.1, 0.15) is 18.1 Å². The summed E-state index contributed by atoms with van der Waals surface area (Å²) in [6.07, 6.45) is 0. The Kier molecular flexibility index (Phi) is 5.02. The smallest absolute Gasteiger partial charge is 0.127 e. The molecular formula is C18H19ClOS. The minimum Gasteiger partial charge on any atom is -0.496 e. The number of hydrogen-bond acceptors (Lipinski definition) is 2. The fraction of sp³-hybridized carbons (Fsp3) is 0.222. The summed E-state index contributed by atoms with van der Waals surface area (Å²) >= 11 is 8.08. The van der Waals surface area contributed by atoms with Crippen LogP contribution in [0.2, 0.25) is 5.02 Å². The van der Waals surface area contributed by atoms with Crippen LogP contribution in [0.3, 0.4) is 0 Å². The molecule has 0 saturated heterocycles. The van der Waals surface area contributed by atoms with E-state index in [9.17, 15) is 0 Å². The van der Waals surface area contributed by atoms with E-state index in [1.54, 1.807) is 18.9 Å². The van der Waals surface area contributed by atoms with Crippen molar-refractivity contribution in [3.8, 4) is 16.9 Å². The Bertz CT molecular complexity index is 692. The maximum absolute atomic E-state index is 6.41. The molecule has 2 aromatic rings. The van der Waals surface area contributed by atoms with Crippen molar-refractivity contribution in [2.24, 2.45) is 0 Å². The zero-order chi connectivity index (χ0) is 15.6. The van der Waals surface area contributed by atoms with Gasteiger partial charge in [-0.05, 0) is 55.5 Å². The molecule has 1 nitrogen and oxygen atoms in total. The summed E-state index contributed by atoms with van der Waals surface area (Å²) in [5, 5.41) is 0.736. The molecule has 2 aromatic carbocycles. The van der Waals surface area contributed by atoms with Crippen molar-refractivity contribution < 1.29 is 4.74 Å². The lowest BCUT2D eigenvalue weighted by Gasteiger charge is -2.17. The molecule has 0 spiro atoms. The van der Waals surface area contributed by atoms with Crippen LogP contribution >= 0.6 is 23.4 Å². The second-order valence-corrected chi connectivity index (χ2v) is 6.80. The van der Waals surface area contributed by atoms with Crippen molar-refractivity contribution in [2.75, 3.05) is 7.11 Å². The van der Waals surface area contributed by atoms with Gasteiger partial charge >= 0.3 is 0 Å². The average molecular weight is 319 g/mol. The molecule has 0 saturated carbocycles. The number of rotatable bonds is 4. The Morgan fingerprint density at radius 2 is 1.90 bits per heavy atom. The van der Waals surface area contributed by atoms with E-state index >= 15 is 0 Å². The van der Waals surface area contributed by atoms with E-state index < -0.39 is 0 Å². The maximum atomic E-state index is 6.41. The topological polar surface area (TPSA) is 9.23 Å². The van der Waals surface area contributed by atoms with Gasteiger partial charge in [-0.3, -0.25) is 0 Å². The Morgan fingerprint density at radius 1 is 1.19 bits per heavy atom. The van der Waals surface area contributed by atoms with Crippen molar-refractivity contribution in [3.63, 3.8) is 0 Å². The molecule has 2 rings (SSSR count). The van der Waals surface area contributed by atoms with Crippen LogP contribution in [0.15, 0.2) is 46.7 Å². The van der Waals surface area contributed by atoms with Crippen LogP contribution in [0.25, 0.3) is 11.1 Å². The van der Waals surface area contributed by atoms with Crippen LogP contribution in [-0.4, -0.2) is 7.11 Å². The van der Waals surface area contributed by atoms with Crippen molar-refractivity contribution in [1.82, 2.24) is 0 Å². The molecule has 3 heteroatoms. The Labute approximate surface area is 136 Å². The summed E-state index contributed by atoms with van der Waals surface area (Å²) in [4.78, 5) is 2.24. The predicted octanol–water partition coefficient (Wildman–Crippen LogP) is 6.26. The van der Waals surface area contributed by atoms with Gasteiger partial charge in [-0.2, -0.15) is 0 Å². The van der Waals surface area contributed by atoms with Gasteiger partial charge in [-0.15, -0.1) is 0 Å². The first-order chi connectivity index (χ1) is 9.93. The number of allylic oxidation sites excluding steroid dienone is 1. The molecule has 0 aliphatic rings. The van der Waals surface area contributed by atoms with Crippen molar-refractivity contribution in [1.29, 1.82) is 0 Å². The highest BCUT2D eigenvalue weighted by molar-refractivity contribution is 8.03. The van der Waals surface area contributed by atoms with Gasteiger partial charge in [0, 0.05) is 21.0 Å². The van der Waals surface area contributed by atoms with E-state index in [1.807, 2.05) is 25.1 Å². The summed E-state index contributed by atoms with van der Waals surface area (Å²) in [7, 11) is 1.69. The fourth-order valence-corrected chi connectivity index (χ4v) is 3.28. The molecule has 0 fully saturated rings. The lowest BCUT2D eigenvalue weighted by molar-refractivity contribution is 0.416. The third-order valence-corrected chi connectivity index (χ3v) is 4.61. The summed E-state index contributed by atoms with van der Waals surface area (Å²) in [5.41, 5.74) is 4.40. The Balaban J connectivity index is 2.70. The van der Waals surface area contributed by atoms with E-state index in [4.69, 9.17) is 16.3 Å². The normalized spacial score (nSPS) is 10.5. The Morgan fingerprint density at radius 3 is 2.52 bits per heavy atom. The first-order valence-electron chi connectivity index (χ1n) is 6.71. The van der Waals surface area contributed by atoms with Crippen molar-refractivity contribution >= 4 is 23.4 Å². The van der Waals surface area contributed by atoms with Gasteiger partial charge in [0.15, 0.2) is 0 Å². The van der Waals surface area contributed by atoms with Crippen molar-refractivity contribution in [2.45, 2.75) is 25.7 Å². The van der Waals surface area contributed by atoms with E-state index in [1.165, 1.54) is 10.5 Å². The number of aryl methyl sites for hydroxylation is 1. The predicted molar refractivity (Wildman–Crippen MR) is 93.6 cm³/mol. The average Bonchev–Trinajstić information content (AvgIpc) is 2.43. The molecule has 0 bridgehead atoms. The highest BCUT2D eigenvalue weighted by Gasteiger charge is 2.16. The third-order valence-electron chi connectivity index (χ3n) is 3.27. The standard InChI is InChI=1S/C18H19ClOS/c1-11(2)21-17-9-8-16(20-5)18(13(17)4)14-10-12(3)6-7-15(14)19/h6-10H,1H2,2-5H3. The van der Waals surface area contributed by atoms with Crippen LogP contribution < -0.4 is 4.74 Å². The van der Waals surface area contributed by atoms with Gasteiger partial charge in [-0.25, -0.2) is 0 Å². The molecule has 0 atom stereocenters. The van der Waals surface area contributed by atoms with E-state index in [2.05, 4.69) is 32.6 Å². The van der Waals surface area contributed by atoms with E-state index in [0.717, 1.165) is 32.4 Å². The molecule has 0 N–H and O–H groups in total. The molecule has 0 heterocycles. The quantitative estimate of drug-likeness (QED) is 0.615. The number of halogens is 1. The van der Waals surface area contributed by atoms with Crippen LogP contribution in [0.5, 0.6) is 5.75 Å². The minimum absolute atomic E-state index is 0.736. The number of benzene rings is 2. The summed E-state index contributed by atoms with van der Waals surface area (Å²) in [6.45, 7) is 10.1. The van der Waals surface area contributed by atoms with Crippen LogP contribution in [0, 0.1) is 13.8 Å². The lowest BCUT2D eigenvalue weighted by Crippen LogP contribution is -1.94. The summed E-state index contributed by atoms with van der Waals surface area (Å²) in [5.74, 6) is 0.839. The summed E-state index contributed by atoms with van der Waals surface area (Å²) in [6, 6.07) is 10.1. The molecule has 0 aliphatic carbocycles. The third kappa shape index (κ3) is 3.45. The molecular weight excluding hydrogens is 300 g/mol. The SMILES string of the molecule is C=C(C)Sc1ccc(OC)c(-c2cc(C)ccc2Cl)c1C. The zero-order valence-electron chi connectivity index (χ0n) is 12.8. The largest absolute Gasteiger partial charge is 0.496 e. The number of methoxy groups -OCH3 is 1. The lowest BCUT2D eigenvalue weighted by atomic mass is 9.98. The van der Waals surface area contributed by atoms with E-state index in [0.29, 0.717) is 0 Å². The van der Waals surface area contributed by atoms with Gasteiger partial charge < -0.3 is 4.74 Å². The Hall–Kier alpha value is -1.38. The number of hydrogen-bond donors (Lipinski definition) is 0. The molecule has 110 valence electrons. The first kappa shape index (κ1) is 16.0. The molecule has 0 unspecified atom stereocenters. The fourth-order valence-electron chi connectivity index (χ4n) is 2.30. The second kappa shape index (κ2) is 6.59. The molecule has 0 radical (unpaired) electrons. The van der Waals surface area contributed by atoms with Gasteiger partial charge in [0.1, 0.15) is 5.75 Å². The van der Waals surface area contributed by atoms with E-state index in [-0.39, 0.29) is 0 Å². The first-order valence-corrected chi connectivity index (χ1v) is 7.91. The number of ether oxygens (including phenoxy) is 1. The maximum Gasteiger partial charge on any atom is 0.127 e. The van der Waals surface area contributed by atoms with Crippen molar-refractivity contribution in [3.05, 3.63) is 58.0 Å². The van der Waals surface area contributed by atoms with Crippen LogP contribution in [-0.2, 0) is 0 Å². The highest BCUT2D eigenvalue weighted by Crippen LogP contribution is 2.42. The van der Waals surface area contributed by atoms with Gasteiger partial charge in [-0.1, -0.05) is 41.6 Å². The van der Waals surface area contributed by atoms with Gasteiger partial charge in [0.25, 0.3) is 0 Å². The highest BCUT2D eigenvalue weighted by atomic mass is 35.5. The number of thioether (sulfide) groups is 1. The molecule has 0 aliphatic heterocycles.